The Balaban J connectivity index is 1.11. The normalized spacial score (nSPS) is 17.7. The number of nitrogens with zero attached hydrogens (tertiary/aromatic N) is 3. The Labute approximate surface area is 246 Å². The summed E-state index contributed by atoms with van der Waals surface area (Å²) in [6, 6.07) is 6.71. The first-order chi connectivity index (χ1) is 20.3. The topological polar surface area (TPSA) is 116 Å². The van der Waals surface area contributed by atoms with E-state index in [1.165, 1.54) is 0 Å². The van der Waals surface area contributed by atoms with Crippen molar-refractivity contribution in [1.29, 1.82) is 0 Å². The molecule has 0 spiro atoms. The number of unbranched alkanes of at least 4 members (excludes halogenated alkanes) is 2. The van der Waals surface area contributed by atoms with Crippen molar-refractivity contribution in [1.82, 2.24) is 9.80 Å². The molecule has 2 saturated heterocycles. The fourth-order valence-corrected chi connectivity index (χ4v) is 5.45. The number of likely N-dealkylation sites (tertiary alicyclic amines) is 1. The Kier molecular flexibility index (Phi) is 8.70. The van der Waals surface area contributed by atoms with Gasteiger partial charge in [0.05, 0.1) is 50.3 Å². The van der Waals surface area contributed by atoms with Gasteiger partial charge in [-0.3, -0.25) is 14.6 Å². The molecule has 0 saturated carbocycles. The molecule has 0 aromatic heterocycles. The first-order valence-electron chi connectivity index (χ1n) is 14.2. The molecule has 3 heterocycles. The van der Waals surface area contributed by atoms with Crippen LogP contribution in [0.5, 0.6) is 23.0 Å². The van der Waals surface area contributed by atoms with Crippen LogP contribution in [0.4, 0.5) is 11.4 Å². The Bertz CT molecular complexity index is 1430. The van der Waals surface area contributed by atoms with Gasteiger partial charge in [0.1, 0.15) is 0 Å². The maximum Gasteiger partial charge on any atom is 0.257 e. The maximum atomic E-state index is 13.1. The molecule has 0 aliphatic carbocycles. The van der Waals surface area contributed by atoms with E-state index in [1.54, 1.807) is 48.3 Å². The van der Waals surface area contributed by atoms with E-state index in [4.69, 9.17) is 24.7 Å². The number of hydrogen-bond donors (Lipinski definition) is 1. The highest BCUT2D eigenvalue weighted by atomic mass is 16.5. The molecule has 1 atom stereocenters. The molecule has 0 radical (unpaired) electrons. The summed E-state index contributed by atoms with van der Waals surface area (Å²) in [5, 5.41) is 0. The van der Waals surface area contributed by atoms with E-state index in [9.17, 15) is 9.59 Å². The summed E-state index contributed by atoms with van der Waals surface area (Å²) in [4.78, 5) is 34.2. The van der Waals surface area contributed by atoms with Crippen molar-refractivity contribution in [3.8, 4) is 23.0 Å². The highest BCUT2D eigenvalue weighted by Crippen LogP contribution is 2.39. The number of carbonyl (C=O) groups excluding carboxylic acids is 2. The van der Waals surface area contributed by atoms with Gasteiger partial charge >= 0.3 is 0 Å². The standard InChI is InChI=1S/C32H38N4O6/c1-20-8-9-35(18-20)31(37)23-13-27(39-3)29(15-25(23)33)41-10-6-5-7-11-42-30-16-26-24(14-28(30)40-4)32(38)36-19-21(2)12-22(36)17-34-26/h13-17,22H,1-2,5-12,18-19,33H2,3-4H3. The number of carbonyl (C=O) groups is 2. The summed E-state index contributed by atoms with van der Waals surface area (Å²) in [5.41, 5.74) is 10.1. The number of fused-ring (bicyclic) bond motifs is 2. The monoisotopic (exact) mass is 574 g/mol. The van der Waals surface area contributed by atoms with E-state index in [-0.39, 0.29) is 17.9 Å². The average Bonchev–Trinajstić information content (AvgIpc) is 3.56. The molecular formula is C32H38N4O6. The van der Waals surface area contributed by atoms with Crippen LogP contribution in [0.3, 0.4) is 0 Å². The van der Waals surface area contributed by atoms with Crippen molar-refractivity contribution in [3.05, 3.63) is 59.7 Å². The van der Waals surface area contributed by atoms with Crippen LogP contribution in [0, 0.1) is 0 Å². The molecule has 10 heteroatoms. The van der Waals surface area contributed by atoms with E-state index in [0.717, 1.165) is 43.3 Å². The third kappa shape index (κ3) is 6.07. The number of anilines is 1. The number of methoxy groups -OCH3 is 2. The van der Waals surface area contributed by atoms with Gasteiger partial charge < -0.3 is 34.5 Å². The van der Waals surface area contributed by atoms with E-state index >= 15 is 0 Å². The maximum absolute atomic E-state index is 13.1. The molecule has 2 N–H and O–H groups in total. The Morgan fingerprint density at radius 3 is 2.31 bits per heavy atom. The number of ether oxygens (including phenoxy) is 4. The van der Waals surface area contributed by atoms with E-state index in [1.807, 2.05) is 6.21 Å². The molecule has 3 aliphatic heterocycles. The lowest BCUT2D eigenvalue weighted by Gasteiger charge is -2.20. The lowest BCUT2D eigenvalue weighted by Crippen LogP contribution is -2.35. The molecule has 42 heavy (non-hydrogen) atoms. The smallest absolute Gasteiger partial charge is 0.257 e. The number of nitrogen functional groups attached to an aromatic ring is 1. The summed E-state index contributed by atoms with van der Waals surface area (Å²) in [7, 11) is 3.10. The average molecular weight is 575 g/mol. The van der Waals surface area contributed by atoms with Gasteiger partial charge in [-0.1, -0.05) is 24.3 Å². The van der Waals surface area contributed by atoms with Crippen LogP contribution in [-0.4, -0.2) is 80.9 Å². The zero-order valence-corrected chi connectivity index (χ0v) is 24.3. The van der Waals surface area contributed by atoms with Crippen molar-refractivity contribution in [2.24, 2.45) is 4.99 Å². The minimum atomic E-state index is -0.132. The van der Waals surface area contributed by atoms with Gasteiger partial charge in [0, 0.05) is 43.7 Å². The minimum absolute atomic E-state index is 0.0670. The lowest BCUT2D eigenvalue weighted by molar-refractivity contribution is 0.0775. The largest absolute Gasteiger partial charge is 0.493 e. The Hall–Kier alpha value is -4.47. The predicted molar refractivity (Wildman–Crippen MR) is 162 cm³/mol. The van der Waals surface area contributed by atoms with Crippen molar-refractivity contribution < 1.29 is 28.5 Å². The van der Waals surface area contributed by atoms with Gasteiger partial charge in [0.15, 0.2) is 23.0 Å². The van der Waals surface area contributed by atoms with E-state index < -0.39 is 0 Å². The van der Waals surface area contributed by atoms with Gasteiger partial charge in [0.25, 0.3) is 11.8 Å². The van der Waals surface area contributed by atoms with Crippen LogP contribution in [0.25, 0.3) is 0 Å². The highest BCUT2D eigenvalue weighted by Gasteiger charge is 2.34. The van der Waals surface area contributed by atoms with E-state index in [0.29, 0.717) is 78.3 Å². The Morgan fingerprint density at radius 2 is 1.64 bits per heavy atom. The fraction of sp³-hybridized carbons (Fsp3) is 0.406. The number of rotatable bonds is 11. The van der Waals surface area contributed by atoms with Crippen LogP contribution in [0.15, 0.2) is 53.6 Å². The molecule has 2 fully saturated rings. The van der Waals surface area contributed by atoms with Gasteiger partial charge in [-0.15, -0.1) is 0 Å². The highest BCUT2D eigenvalue weighted by molar-refractivity contribution is 6.04. The number of amides is 2. The lowest BCUT2D eigenvalue weighted by atomic mass is 10.1. The number of aliphatic imine (C=N–C) groups is 1. The third-order valence-electron chi connectivity index (χ3n) is 7.76. The molecule has 10 nitrogen and oxygen atoms in total. The predicted octanol–water partition coefficient (Wildman–Crippen LogP) is 4.80. The van der Waals surface area contributed by atoms with Gasteiger partial charge in [-0.2, -0.15) is 0 Å². The van der Waals surface area contributed by atoms with Crippen LogP contribution < -0.4 is 24.7 Å². The van der Waals surface area contributed by atoms with E-state index in [2.05, 4.69) is 18.2 Å². The zero-order valence-electron chi connectivity index (χ0n) is 24.3. The van der Waals surface area contributed by atoms with Gasteiger partial charge in [-0.25, -0.2) is 0 Å². The molecule has 2 aromatic rings. The second-order valence-electron chi connectivity index (χ2n) is 10.8. The molecule has 1 unspecified atom stereocenters. The molecule has 222 valence electrons. The number of benzene rings is 2. The second-order valence-corrected chi connectivity index (χ2v) is 10.8. The van der Waals surface area contributed by atoms with Crippen LogP contribution in [0.1, 0.15) is 52.8 Å². The zero-order chi connectivity index (χ0) is 29.8. The van der Waals surface area contributed by atoms with Crippen LogP contribution in [-0.2, 0) is 0 Å². The van der Waals surface area contributed by atoms with Crippen molar-refractivity contribution in [2.45, 2.75) is 38.1 Å². The van der Waals surface area contributed by atoms with Crippen molar-refractivity contribution in [2.75, 3.05) is 52.8 Å². The summed E-state index contributed by atoms with van der Waals surface area (Å²) >= 11 is 0. The molecule has 5 rings (SSSR count). The SMILES string of the molecule is C=C1CCN(C(=O)c2cc(OC)c(OCCCCCOc3cc4c(cc3OC)C(=O)N3CC(=C)CC3C=N4)cc2N)C1. The summed E-state index contributed by atoms with van der Waals surface area (Å²) in [6.45, 7) is 10.6. The van der Waals surface area contributed by atoms with Crippen LogP contribution in [0.2, 0.25) is 0 Å². The third-order valence-corrected chi connectivity index (χ3v) is 7.76. The van der Waals surface area contributed by atoms with Crippen molar-refractivity contribution in [3.63, 3.8) is 0 Å². The summed E-state index contributed by atoms with van der Waals surface area (Å²) in [5.74, 6) is 1.81. The first-order valence-corrected chi connectivity index (χ1v) is 14.2. The molecule has 2 amide bonds. The number of hydrogen-bond acceptors (Lipinski definition) is 8. The van der Waals surface area contributed by atoms with Crippen LogP contribution >= 0.6 is 0 Å². The first kappa shape index (κ1) is 29.0. The molecule has 3 aliphatic rings. The van der Waals surface area contributed by atoms with Crippen molar-refractivity contribution >= 4 is 29.4 Å². The molecule has 0 bridgehead atoms. The fourth-order valence-electron chi connectivity index (χ4n) is 5.45. The Morgan fingerprint density at radius 1 is 0.952 bits per heavy atom. The number of nitrogens with two attached hydrogens (primary N) is 1. The van der Waals surface area contributed by atoms with Gasteiger partial charge in [-0.05, 0) is 44.2 Å². The molecular weight excluding hydrogens is 536 g/mol. The summed E-state index contributed by atoms with van der Waals surface area (Å²) in [6.07, 6.45) is 5.79. The minimum Gasteiger partial charge on any atom is -0.493 e. The van der Waals surface area contributed by atoms with Gasteiger partial charge in [0.2, 0.25) is 0 Å². The molecule has 2 aromatic carbocycles. The quantitative estimate of drug-likeness (QED) is 0.233. The second kappa shape index (κ2) is 12.6. The summed E-state index contributed by atoms with van der Waals surface area (Å²) < 4.78 is 23.0.